The maximum atomic E-state index is 6.25. The van der Waals surface area contributed by atoms with E-state index in [-0.39, 0.29) is 23.7 Å². The molecule has 0 N–H and O–H groups in total. The SMILES string of the molecule is CC1(C)OC2C(Sc3ccccc3)O[C@H](COCc3ccccc3)[C@H]2O1. The van der Waals surface area contributed by atoms with Gasteiger partial charge in [0.15, 0.2) is 5.79 Å². The van der Waals surface area contributed by atoms with Gasteiger partial charge in [-0.1, -0.05) is 60.3 Å². The van der Waals surface area contributed by atoms with Gasteiger partial charge in [0.05, 0.1) is 13.2 Å². The van der Waals surface area contributed by atoms with Gasteiger partial charge in [0.25, 0.3) is 0 Å². The Labute approximate surface area is 158 Å². The van der Waals surface area contributed by atoms with Crippen LogP contribution in [0.5, 0.6) is 0 Å². The van der Waals surface area contributed by atoms with Crippen LogP contribution in [0.25, 0.3) is 0 Å². The Bertz CT molecular complexity index is 706. The van der Waals surface area contributed by atoms with Gasteiger partial charge in [0, 0.05) is 4.90 Å². The summed E-state index contributed by atoms with van der Waals surface area (Å²) in [7, 11) is 0. The molecule has 2 aliphatic rings. The number of benzene rings is 2. The first-order valence-corrected chi connectivity index (χ1v) is 9.83. The van der Waals surface area contributed by atoms with Gasteiger partial charge in [-0.25, -0.2) is 0 Å². The van der Waals surface area contributed by atoms with Crippen LogP contribution in [0.1, 0.15) is 19.4 Å². The van der Waals surface area contributed by atoms with Crippen molar-refractivity contribution in [3.63, 3.8) is 0 Å². The zero-order valence-electron chi connectivity index (χ0n) is 15.0. The molecule has 5 heteroatoms. The second-order valence-corrected chi connectivity index (χ2v) is 8.21. The van der Waals surface area contributed by atoms with E-state index >= 15 is 0 Å². The van der Waals surface area contributed by atoms with Crippen LogP contribution in [0.3, 0.4) is 0 Å². The lowest BCUT2D eigenvalue weighted by atomic mass is 10.1. The first-order valence-electron chi connectivity index (χ1n) is 8.95. The number of rotatable bonds is 6. The minimum absolute atomic E-state index is 0.0967. The average Bonchev–Trinajstić information content (AvgIpc) is 3.11. The van der Waals surface area contributed by atoms with Crippen molar-refractivity contribution in [2.75, 3.05) is 6.61 Å². The van der Waals surface area contributed by atoms with Gasteiger partial charge in [0.1, 0.15) is 23.7 Å². The van der Waals surface area contributed by atoms with E-state index in [1.165, 1.54) is 0 Å². The van der Waals surface area contributed by atoms with Crippen LogP contribution in [0, 0.1) is 0 Å². The van der Waals surface area contributed by atoms with Crippen molar-refractivity contribution in [2.45, 2.75) is 54.9 Å². The molecule has 0 spiro atoms. The van der Waals surface area contributed by atoms with Crippen LogP contribution in [0.15, 0.2) is 65.6 Å². The van der Waals surface area contributed by atoms with Crippen LogP contribution in [-0.4, -0.2) is 36.1 Å². The molecule has 2 fully saturated rings. The Morgan fingerprint density at radius 1 is 0.923 bits per heavy atom. The molecule has 2 unspecified atom stereocenters. The van der Waals surface area contributed by atoms with Crippen LogP contribution in [0.4, 0.5) is 0 Å². The number of thioether (sulfide) groups is 1. The van der Waals surface area contributed by atoms with Gasteiger partial charge >= 0.3 is 0 Å². The zero-order chi connectivity index (χ0) is 18.0. The number of hydrogen-bond acceptors (Lipinski definition) is 5. The van der Waals surface area contributed by atoms with E-state index < -0.39 is 5.79 Å². The summed E-state index contributed by atoms with van der Waals surface area (Å²) in [5, 5.41) is 0. The first kappa shape index (κ1) is 18.0. The fraction of sp³-hybridized carbons (Fsp3) is 0.429. The van der Waals surface area contributed by atoms with Crippen LogP contribution < -0.4 is 0 Å². The minimum Gasteiger partial charge on any atom is -0.374 e. The minimum atomic E-state index is -0.591. The molecule has 0 aromatic heterocycles. The average molecular weight is 372 g/mol. The van der Waals surface area contributed by atoms with Crippen LogP contribution in [0.2, 0.25) is 0 Å². The standard InChI is InChI=1S/C21H24O4S/c1-21(2)24-18-17(14-22-13-15-9-5-3-6-10-15)23-20(19(18)25-21)26-16-11-7-4-8-12-16/h3-12,17-20H,13-14H2,1-2H3/t17-,18-,19?,20?/m1/s1. The molecule has 2 heterocycles. The highest BCUT2D eigenvalue weighted by Crippen LogP contribution is 2.44. The molecule has 2 saturated heterocycles. The molecule has 0 radical (unpaired) electrons. The summed E-state index contributed by atoms with van der Waals surface area (Å²) >= 11 is 1.68. The lowest BCUT2D eigenvalue weighted by Gasteiger charge is -2.24. The molecule has 2 aromatic rings. The Morgan fingerprint density at radius 2 is 1.58 bits per heavy atom. The van der Waals surface area contributed by atoms with Crippen LogP contribution in [-0.2, 0) is 25.6 Å². The van der Waals surface area contributed by atoms with E-state index in [0.29, 0.717) is 13.2 Å². The summed E-state index contributed by atoms with van der Waals surface area (Å²) in [6.07, 6.45) is -0.339. The molecule has 138 valence electrons. The second-order valence-electron chi connectivity index (χ2n) is 7.04. The first-order chi connectivity index (χ1) is 12.6. The van der Waals surface area contributed by atoms with Crippen molar-refractivity contribution in [1.29, 1.82) is 0 Å². The third kappa shape index (κ3) is 4.13. The van der Waals surface area contributed by atoms with E-state index in [9.17, 15) is 0 Å². The van der Waals surface area contributed by atoms with Crippen molar-refractivity contribution >= 4 is 11.8 Å². The van der Waals surface area contributed by atoms with Gasteiger partial charge < -0.3 is 18.9 Å². The monoisotopic (exact) mass is 372 g/mol. The van der Waals surface area contributed by atoms with Gasteiger partial charge in [0.2, 0.25) is 0 Å². The Kier molecular flexibility index (Phi) is 5.34. The molecule has 0 bridgehead atoms. The van der Waals surface area contributed by atoms with Gasteiger partial charge in [-0.15, -0.1) is 0 Å². The molecule has 0 aliphatic carbocycles. The smallest absolute Gasteiger partial charge is 0.164 e. The molecule has 2 aliphatic heterocycles. The highest BCUT2D eigenvalue weighted by atomic mass is 32.2. The summed E-state index contributed by atoms with van der Waals surface area (Å²) in [5.41, 5.74) is 1.05. The molecule has 4 atom stereocenters. The lowest BCUT2D eigenvalue weighted by molar-refractivity contribution is -0.183. The van der Waals surface area contributed by atoms with Crippen molar-refractivity contribution in [3.8, 4) is 0 Å². The Balaban J connectivity index is 1.40. The molecular formula is C21H24O4S. The molecule has 4 nitrogen and oxygen atoms in total. The van der Waals surface area contributed by atoms with Crippen molar-refractivity contribution in [2.24, 2.45) is 0 Å². The predicted molar refractivity (Wildman–Crippen MR) is 101 cm³/mol. The topological polar surface area (TPSA) is 36.9 Å². The summed E-state index contributed by atoms with van der Waals surface area (Å²) in [5.74, 6) is -0.591. The normalized spacial score (nSPS) is 29.6. The maximum Gasteiger partial charge on any atom is 0.164 e. The van der Waals surface area contributed by atoms with E-state index in [1.807, 2.05) is 50.2 Å². The molecule has 26 heavy (non-hydrogen) atoms. The zero-order valence-corrected chi connectivity index (χ0v) is 15.9. The van der Waals surface area contributed by atoms with Crippen molar-refractivity contribution in [1.82, 2.24) is 0 Å². The van der Waals surface area contributed by atoms with Crippen LogP contribution >= 0.6 is 11.8 Å². The largest absolute Gasteiger partial charge is 0.374 e. The van der Waals surface area contributed by atoms with Gasteiger partial charge in [-0.05, 0) is 31.5 Å². The fourth-order valence-corrected chi connectivity index (χ4v) is 4.50. The Hall–Kier alpha value is -1.37. The number of hydrogen-bond donors (Lipinski definition) is 0. The summed E-state index contributed by atoms with van der Waals surface area (Å²) in [4.78, 5) is 1.16. The molecule has 0 saturated carbocycles. The van der Waals surface area contributed by atoms with E-state index in [0.717, 1.165) is 10.5 Å². The fourth-order valence-electron chi connectivity index (χ4n) is 3.37. The summed E-state index contributed by atoms with van der Waals surface area (Å²) < 4.78 is 24.4. The molecule has 2 aromatic carbocycles. The van der Waals surface area contributed by atoms with Gasteiger partial charge in [-0.3, -0.25) is 0 Å². The third-order valence-electron chi connectivity index (χ3n) is 4.50. The Morgan fingerprint density at radius 3 is 2.31 bits per heavy atom. The lowest BCUT2D eigenvalue weighted by Crippen LogP contribution is -2.32. The molecular weight excluding hydrogens is 348 g/mol. The number of ether oxygens (including phenoxy) is 4. The quantitative estimate of drug-likeness (QED) is 0.758. The van der Waals surface area contributed by atoms with E-state index in [4.69, 9.17) is 18.9 Å². The van der Waals surface area contributed by atoms with E-state index in [2.05, 4.69) is 24.3 Å². The maximum absolute atomic E-state index is 6.25. The highest BCUT2D eigenvalue weighted by Gasteiger charge is 2.55. The van der Waals surface area contributed by atoms with Gasteiger partial charge in [-0.2, -0.15) is 0 Å². The number of fused-ring (bicyclic) bond motifs is 1. The predicted octanol–water partition coefficient (Wildman–Crippen LogP) is 4.24. The third-order valence-corrected chi connectivity index (χ3v) is 5.65. The molecule has 0 amide bonds. The van der Waals surface area contributed by atoms with Crippen molar-refractivity contribution in [3.05, 3.63) is 66.2 Å². The summed E-state index contributed by atoms with van der Waals surface area (Å²) in [6.45, 7) is 4.97. The van der Waals surface area contributed by atoms with E-state index in [1.54, 1.807) is 11.8 Å². The summed E-state index contributed by atoms with van der Waals surface area (Å²) in [6, 6.07) is 20.4. The van der Waals surface area contributed by atoms with Crippen molar-refractivity contribution < 1.29 is 18.9 Å². The highest BCUT2D eigenvalue weighted by molar-refractivity contribution is 7.99. The second kappa shape index (κ2) is 7.71. The molecule has 4 rings (SSSR count).